The van der Waals surface area contributed by atoms with Crippen LogP contribution in [-0.2, 0) is 13.0 Å². The Balaban J connectivity index is 1.34. The van der Waals surface area contributed by atoms with E-state index in [0.29, 0.717) is 32.5 Å². The van der Waals surface area contributed by atoms with E-state index in [1.165, 1.54) is 16.9 Å². The number of benzene rings is 4. The fourth-order valence-electron chi connectivity index (χ4n) is 5.81. The Bertz CT molecular complexity index is 2070. The Morgan fingerprint density at radius 1 is 1.02 bits per heavy atom. The molecule has 0 fully saturated rings. The Kier molecular flexibility index (Phi) is 7.55. The number of methoxy groups -OCH3 is 1. The number of allylic oxidation sites excluding steroid dienone is 1. The van der Waals surface area contributed by atoms with Crippen molar-refractivity contribution in [3.05, 3.63) is 154 Å². The summed E-state index contributed by atoms with van der Waals surface area (Å²) in [6, 6.07) is 29.8. The van der Waals surface area contributed by atoms with Gasteiger partial charge in [-0.3, -0.25) is 9.36 Å². The Hall–Kier alpha value is -3.91. The quantitative estimate of drug-likeness (QED) is 0.190. The van der Waals surface area contributed by atoms with Gasteiger partial charge in [0.05, 0.1) is 27.9 Å². The molecule has 0 radical (unpaired) electrons. The van der Waals surface area contributed by atoms with Crippen molar-refractivity contribution in [3.8, 4) is 11.5 Å². The van der Waals surface area contributed by atoms with Crippen LogP contribution < -0.4 is 24.4 Å². The summed E-state index contributed by atoms with van der Waals surface area (Å²) in [4.78, 5) is 19.9. The molecule has 0 bridgehead atoms. The average Bonchev–Trinajstić information content (AvgIpc) is 3.34. The second kappa shape index (κ2) is 11.6. The summed E-state index contributed by atoms with van der Waals surface area (Å²) in [6.07, 6.45) is 3.64. The number of aryl methyl sites for hydroxylation is 1. The zero-order chi connectivity index (χ0) is 29.5. The topological polar surface area (TPSA) is 52.8 Å². The lowest BCUT2D eigenvalue weighted by Crippen LogP contribution is -2.38. The SMILES string of the molecule is COc1cc(/C=c2/sc3n(c2=O)[C@H](c2ccc(Cl)cc2)C2=C(N=3)c3ccccc3CC2)cc(Br)c1OCc1ccccc1. The molecule has 214 valence electrons. The highest BCUT2D eigenvalue weighted by Crippen LogP contribution is 2.41. The number of hydrogen-bond donors (Lipinski definition) is 0. The summed E-state index contributed by atoms with van der Waals surface area (Å²) in [5.74, 6) is 1.19. The maximum absolute atomic E-state index is 14.1. The maximum atomic E-state index is 14.1. The lowest BCUT2D eigenvalue weighted by atomic mass is 9.83. The number of fused-ring (bicyclic) bond motifs is 3. The molecule has 2 heterocycles. The van der Waals surface area contributed by atoms with Gasteiger partial charge in [0.15, 0.2) is 16.3 Å². The number of rotatable bonds is 6. The van der Waals surface area contributed by atoms with Gasteiger partial charge in [-0.1, -0.05) is 89.7 Å². The largest absolute Gasteiger partial charge is 0.493 e. The minimum Gasteiger partial charge on any atom is -0.493 e. The molecule has 5 aromatic rings. The highest BCUT2D eigenvalue weighted by Gasteiger charge is 2.32. The molecular weight excluding hydrogens is 644 g/mol. The van der Waals surface area contributed by atoms with Gasteiger partial charge in [-0.15, -0.1) is 0 Å². The Labute approximate surface area is 266 Å². The average molecular weight is 670 g/mol. The van der Waals surface area contributed by atoms with Gasteiger partial charge < -0.3 is 9.47 Å². The molecule has 0 unspecified atom stereocenters. The monoisotopic (exact) mass is 668 g/mol. The Morgan fingerprint density at radius 3 is 2.58 bits per heavy atom. The minimum absolute atomic E-state index is 0.0754. The second-order valence-corrected chi connectivity index (χ2v) is 12.8. The van der Waals surface area contributed by atoms with Gasteiger partial charge in [0.25, 0.3) is 5.56 Å². The molecule has 5 nitrogen and oxygen atoms in total. The lowest BCUT2D eigenvalue weighted by molar-refractivity contribution is 0.282. The number of hydrogen-bond acceptors (Lipinski definition) is 5. The van der Waals surface area contributed by atoms with Crippen LogP contribution in [0.2, 0.25) is 5.02 Å². The third-order valence-corrected chi connectivity index (χ3v) is 9.66. The normalized spacial score (nSPS) is 15.8. The van der Waals surface area contributed by atoms with E-state index in [0.717, 1.165) is 50.8 Å². The molecule has 0 saturated heterocycles. The van der Waals surface area contributed by atoms with Crippen molar-refractivity contribution in [2.24, 2.45) is 4.99 Å². The first-order chi connectivity index (χ1) is 21.0. The van der Waals surface area contributed by atoms with Crippen LogP contribution in [0, 0.1) is 0 Å². The molecule has 8 heteroatoms. The van der Waals surface area contributed by atoms with E-state index in [1.807, 2.05) is 77.4 Å². The molecular formula is C35H26BrClN2O3S. The fourth-order valence-corrected chi connectivity index (χ4v) is 7.51. The molecule has 0 spiro atoms. The van der Waals surface area contributed by atoms with E-state index in [9.17, 15) is 4.79 Å². The molecule has 1 aliphatic heterocycles. The molecule has 0 saturated carbocycles. The van der Waals surface area contributed by atoms with Crippen LogP contribution in [0.4, 0.5) is 0 Å². The van der Waals surface area contributed by atoms with Crippen molar-refractivity contribution < 1.29 is 9.47 Å². The van der Waals surface area contributed by atoms with E-state index in [-0.39, 0.29) is 11.6 Å². The van der Waals surface area contributed by atoms with E-state index in [2.05, 4.69) is 40.2 Å². The number of ether oxygens (including phenoxy) is 2. The molecule has 4 aromatic carbocycles. The van der Waals surface area contributed by atoms with Crippen molar-refractivity contribution in [3.63, 3.8) is 0 Å². The molecule has 2 aliphatic rings. The molecule has 7 rings (SSSR count). The molecule has 0 amide bonds. The first-order valence-corrected chi connectivity index (χ1v) is 15.9. The van der Waals surface area contributed by atoms with Crippen LogP contribution >= 0.6 is 38.9 Å². The summed E-state index contributed by atoms with van der Waals surface area (Å²) in [7, 11) is 1.61. The lowest BCUT2D eigenvalue weighted by Gasteiger charge is -2.30. The van der Waals surface area contributed by atoms with Crippen molar-refractivity contribution >= 4 is 50.6 Å². The van der Waals surface area contributed by atoms with Crippen LogP contribution in [0.15, 0.2) is 111 Å². The van der Waals surface area contributed by atoms with Gasteiger partial charge in [0.2, 0.25) is 0 Å². The minimum atomic E-state index is -0.256. The maximum Gasteiger partial charge on any atom is 0.271 e. The predicted octanol–water partition coefficient (Wildman–Crippen LogP) is 7.32. The van der Waals surface area contributed by atoms with Crippen LogP contribution in [0.1, 0.15) is 40.3 Å². The Morgan fingerprint density at radius 2 is 1.79 bits per heavy atom. The van der Waals surface area contributed by atoms with E-state index < -0.39 is 0 Å². The highest BCUT2D eigenvalue weighted by atomic mass is 79.9. The summed E-state index contributed by atoms with van der Waals surface area (Å²) in [6.45, 7) is 0.409. The van der Waals surface area contributed by atoms with E-state index in [1.54, 1.807) is 7.11 Å². The third-order valence-electron chi connectivity index (χ3n) is 7.83. The van der Waals surface area contributed by atoms with Crippen molar-refractivity contribution in [2.75, 3.05) is 7.11 Å². The summed E-state index contributed by atoms with van der Waals surface area (Å²) < 4.78 is 15.0. The summed E-state index contributed by atoms with van der Waals surface area (Å²) in [5, 5.41) is 0.662. The van der Waals surface area contributed by atoms with Gasteiger partial charge >= 0.3 is 0 Å². The molecule has 1 aromatic heterocycles. The van der Waals surface area contributed by atoms with Gasteiger partial charge in [-0.05, 0) is 86.9 Å². The van der Waals surface area contributed by atoms with Crippen molar-refractivity contribution in [2.45, 2.75) is 25.5 Å². The third kappa shape index (κ3) is 5.26. The smallest absolute Gasteiger partial charge is 0.271 e. The number of thiazole rings is 1. The first kappa shape index (κ1) is 27.9. The van der Waals surface area contributed by atoms with Gasteiger partial charge in [-0.25, -0.2) is 4.99 Å². The van der Waals surface area contributed by atoms with Gasteiger partial charge in [0.1, 0.15) is 6.61 Å². The van der Waals surface area contributed by atoms with E-state index >= 15 is 0 Å². The number of nitrogens with zero attached hydrogens (tertiary/aromatic N) is 2. The van der Waals surface area contributed by atoms with Gasteiger partial charge in [-0.2, -0.15) is 0 Å². The standard InChI is InChI=1S/C35H26BrClN2O3S/c1-41-29-18-22(17-28(36)33(29)42-20-21-7-3-2-4-8-21)19-30-34(40)39-32(24-11-14-25(37)15-12-24)27-16-13-23-9-5-6-10-26(23)31(27)38-35(39)43-30/h2-12,14-15,17-19,32H,13,16,20H2,1H3/b30-19+/t32-/m1/s1. The van der Waals surface area contributed by atoms with Crippen molar-refractivity contribution in [1.29, 1.82) is 0 Å². The van der Waals surface area contributed by atoms with Gasteiger partial charge in [0, 0.05) is 10.6 Å². The van der Waals surface area contributed by atoms with Crippen LogP contribution in [0.25, 0.3) is 11.8 Å². The summed E-state index contributed by atoms with van der Waals surface area (Å²) >= 11 is 11.3. The van der Waals surface area contributed by atoms with E-state index in [4.69, 9.17) is 26.1 Å². The molecule has 1 aliphatic carbocycles. The first-order valence-electron chi connectivity index (χ1n) is 13.9. The molecule has 0 N–H and O–H groups in total. The molecule has 1 atom stereocenters. The highest BCUT2D eigenvalue weighted by molar-refractivity contribution is 9.10. The van der Waals surface area contributed by atoms with Crippen LogP contribution in [0.5, 0.6) is 11.5 Å². The zero-order valence-corrected chi connectivity index (χ0v) is 26.4. The second-order valence-electron chi connectivity index (χ2n) is 10.5. The van der Waals surface area contributed by atoms with Crippen LogP contribution in [0.3, 0.4) is 0 Å². The number of aromatic nitrogens is 1. The van der Waals surface area contributed by atoms with Crippen molar-refractivity contribution in [1.82, 2.24) is 4.57 Å². The van der Waals surface area contributed by atoms with Crippen LogP contribution in [-0.4, -0.2) is 11.7 Å². The predicted molar refractivity (Wildman–Crippen MR) is 176 cm³/mol. The zero-order valence-electron chi connectivity index (χ0n) is 23.2. The molecule has 43 heavy (non-hydrogen) atoms. The summed E-state index contributed by atoms with van der Waals surface area (Å²) in [5.41, 5.74) is 7.37. The number of halogens is 2. The fraction of sp³-hybridized carbons (Fsp3) is 0.143.